The summed E-state index contributed by atoms with van der Waals surface area (Å²) in [6.45, 7) is 4.29. The lowest BCUT2D eigenvalue weighted by Crippen LogP contribution is -2.07. The van der Waals surface area contributed by atoms with E-state index in [1.54, 1.807) is 11.3 Å². The van der Waals surface area contributed by atoms with E-state index < -0.39 is 0 Å². The first-order valence-electron chi connectivity index (χ1n) is 6.23. The maximum absolute atomic E-state index is 6.16. The molecule has 3 heteroatoms. The van der Waals surface area contributed by atoms with Crippen molar-refractivity contribution in [3.05, 3.63) is 45.2 Å². The Labute approximate surface area is 121 Å². The van der Waals surface area contributed by atoms with Gasteiger partial charge in [0, 0.05) is 20.3 Å². The monoisotopic (exact) mass is 323 g/mol. The number of rotatable bonds is 4. The minimum Gasteiger partial charge on any atom is -0.323 e. The van der Waals surface area contributed by atoms with Crippen molar-refractivity contribution in [2.45, 2.75) is 32.7 Å². The maximum Gasteiger partial charge on any atom is 0.0389 e. The highest BCUT2D eigenvalue weighted by Gasteiger charge is 2.09. The van der Waals surface area contributed by atoms with Gasteiger partial charge in [0.1, 0.15) is 0 Å². The predicted octanol–water partition coefficient (Wildman–Crippen LogP) is 5.29. The molecule has 0 aliphatic heterocycles. The summed E-state index contributed by atoms with van der Waals surface area (Å²) in [6, 6.07) is 11.0. The summed E-state index contributed by atoms with van der Waals surface area (Å²) in [4.78, 5) is 2.57. The molecule has 0 aliphatic rings. The number of halogens is 1. The van der Waals surface area contributed by atoms with E-state index in [2.05, 4.69) is 60.1 Å². The van der Waals surface area contributed by atoms with E-state index in [1.165, 1.54) is 20.9 Å². The first-order valence-corrected chi connectivity index (χ1v) is 7.84. The van der Waals surface area contributed by atoms with Crippen LogP contribution in [-0.2, 0) is 0 Å². The largest absolute Gasteiger partial charge is 0.323 e. The molecular weight excluding hydrogens is 306 g/mol. The van der Waals surface area contributed by atoms with Gasteiger partial charge in [-0.1, -0.05) is 35.3 Å². The number of nitrogens with two attached hydrogens (primary N) is 1. The molecule has 0 spiro atoms. The first-order chi connectivity index (χ1) is 8.60. The second-order valence-electron chi connectivity index (χ2n) is 4.61. The van der Waals surface area contributed by atoms with Gasteiger partial charge in [-0.05, 0) is 48.7 Å². The van der Waals surface area contributed by atoms with Gasteiger partial charge in [-0.15, -0.1) is 11.3 Å². The fourth-order valence-corrected chi connectivity index (χ4v) is 3.68. The van der Waals surface area contributed by atoms with Crippen molar-refractivity contribution >= 4 is 27.3 Å². The molecule has 2 N–H and O–H groups in total. The molecule has 18 heavy (non-hydrogen) atoms. The number of hydrogen-bond acceptors (Lipinski definition) is 2. The van der Waals surface area contributed by atoms with Gasteiger partial charge in [-0.2, -0.15) is 0 Å². The zero-order valence-electron chi connectivity index (χ0n) is 10.7. The highest BCUT2D eigenvalue weighted by molar-refractivity contribution is 9.10. The molecule has 2 aromatic rings. The Bertz CT molecular complexity index is 513. The minimum absolute atomic E-state index is 0.182. The van der Waals surface area contributed by atoms with Gasteiger partial charge in [0.05, 0.1) is 0 Å². The molecule has 1 aromatic carbocycles. The van der Waals surface area contributed by atoms with Crippen LogP contribution in [-0.4, -0.2) is 0 Å². The summed E-state index contributed by atoms with van der Waals surface area (Å²) in [5, 5.41) is 0. The van der Waals surface area contributed by atoms with Crippen LogP contribution in [0.15, 0.2) is 34.8 Å². The molecule has 0 amide bonds. The lowest BCUT2D eigenvalue weighted by molar-refractivity contribution is 0.648. The summed E-state index contributed by atoms with van der Waals surface area (Å²) in [7, 11) is 0. The van der Waals surface area contributed by atoms with Crippen molar-refractivity contribution < 1.29 is 0 Å². The summed E-state index contributed by atoms with van der Waals surface area (Å²) in [5.41, 5.74) is 8.69. The summed E-state index contributed by atoms with van der Waals surface area (Å²) in [6.07, 6.45) is 2.18. The molecule has 0 bridgehead atoms. The Hall–Kier alpha value is -0.640. The Morgan fingerprint density at radius 1 is 1.28 bits per heavy atom. The van der Waals surface area contributed by atoms with Crippen molar-refractivity contribution in [2.75, 3.05) is 0 Å². The Balaban J connectivity index is 2.29. The van der Waals surface area contributed by atoms with Crippen molar-refractivity contribution in [3.63, 3.8) is 0 Å². The zero-order valence-corrected chi connectivity index (χ0v) is 13.1. The van der Waals surface area contributed by atoms with E-state index in [4.69, 9.17) is 5.73 Å². The Morgan fingerprint density at radius 3 is 2.72 bits per heavy atom. The van der Waals surface area contributed by atoms with Crippen LogP contribution in [0, 0.1) is 6.92 Å². The highest BCUT2D eigenvalue weighted by atomic mass is 79.9. The van der Waals surface area contributed by atoms with Crippen molar-refractivity contribution in [2.24, 2.45) is 5.73 Å². The Kier molecular flexibility index (Phi) is 4.60. The zero-order chi connectivity index (χ0) is 13.1. The van der Waals surface area contributed by atoms with E-state index in [1.807, 2.05) is 0 Å². The number of benzene rings is 1. The molecule has 0 radical (unpaired) electrons. The van der Waals surface area contributed by atoms with Gasteiger partial charge in [0.25, 0.3) is 0 Å². The topological polar surface area (TPSA) is 26.0 Å². The highest BCUT2D eigenvalue weighted by Crippen LogP contribution is 2.33. The van der Waals surface area contributed by atoms with Gasteiger partial charge >= 0.3 is 0 Å². The molecular formula is C15H18BrNS. The van der Waals surface area contributed by atoms with Crippen LogP contribution < -0.4 is 5.73 Å². The molecule has 0 aliphatic carbocycles. The quantitative estimate of drug-likeness (QED) is 0.813. The van der Waals surface area contributed by atoms with E-state index in [0.717, 1.165) is 17.3 Å². The maximum atomic E-state index is 6.16. The van der Waals surface area contributed by atoms with Crippen LogP contribution >= 0.6 is 27.3 Å². The van der Waals surface area contributed by atoms with E-state index in [0.29, 0.717) is 0 Å². The molecule has 0 saturated carbocycles. The van der Waals surface area contributed by atoms with Gasteiger partial charge in [0.2, 0.25) is 0 Å². The first kappa shape index (κ1) is 13.8. The average Bonchev–Trinajstić information content (AvgIpc) is 2.77. The van der Waals surface area contributed by atoms with E-state index in [9.17, 15) is 0 Å². The fourth-order valence-electron chi connectivity index (χ4n) is 2.04. The normalized spacial score (nSPS) is 12.7. The van der Waals surface area contributed by atoms with Crippen LogP contribution in [0.2, 0.25) is 0 Å². The third kappa shape index (κ3) is 3.22. The third-order valence-electron chi connectivity index (χ3n) is 2.92. The molecule has 2 rings (SSSR count). The van der Waals surface area contributed by atoms with Crippen molar-refractivity contribution in [1.29, 1.82) is 0 Å². The predicted molar refractivity (Wildman–Crippen MR) is 84.0 cm³/mol. The van der Waals surface area contributed by atoms with E-state index >= 15 is 0 Å². The fraction of sp³-hybridized carbons (Fsp3) is 0.333. The summed E-state index contributed by atoms with van der Waals surface area (Å²) < 4.78 is 1.13. The van der Waals surface area contributed by atoms with Crippen LogP contribution in [0.3, 0.4) is 0 Å². The third-order valence-corrected chi connectivity index (χ3v) is 4.64. The van der Waals surface area contributed by atoms with Crippen molar-refractivity contribution in [1.82, 2.24) is 0 Å². The second kappa shape index (κ2) is 6.00. The van der Waals surface area contributed by atoms with Crippen LogP contribution in [0.4, 0.5) is 0 Å². The summed E-state index contributed by atoms with van der Waals surface area (Å²) >= 11 is 5.36. The lowest BCUT2D eigenvalue weighted by Gasteiger charge is -2.06. The van der Waals surface area contributed by atoms with Gasteiger partial charge in [0.15, 0.2) is 0 Å². The molecule has 96 valence electrons. The smallest absolute Gasteiger partial charge is 0.0389 e. The molecule has 1 unspecified atom stereocenters. The number of aryl methyl sites for hydroxylation is 1. The number of hydrogen-bond donors (Lipinski definition) is 1. The van der Waals surface area contributed by atoms with Crippen LogP contribution in [0.5, 0.6) is 0 Å². The standard InChI is InChI=1S/C15H18BrNS/c1-3-4-13(17)15-6-5-14(18-15)11-7-10(2)8-12(16)9-11/h5-9,13H,3-4,17H2,1-2H3. The molecule has 0 fully saturated rings. The Morgan fingerprint density at radius 2 is 2.06 bits per heavy atom. The van der Waals surface area contributed by atoms with Crippen LogP contribution in [0.25, 0.3) is 10.4 Å². The van der Waals surface area contributed by atoms with Gasteiger partial charge in [-0.25, -0.2) is 0 Å². The lowest BCUT2D eigenvalue weighted by atomic mass is 10.1. The molecule has 1 atom stereocenters. The minimum atomic E-state index is 0.182. The van der Waals surface area contributed by atoms with E-state index in [-0.39, 0.29) is 6.04 Å². The molecule has 1 heterocycles. The SMILES string of the molecule is CCCC(N)c1ccc(-c2cc(C)cc(Br)c2)s1. The van der Waals surface area contributed by atoms with Crippen molar-refractivity contribution in [3.8, 4) is 10.4 Å². The van der Waals surface area contributed by atoms with Gasteiger partial charge < -0.3 is 5.73 Å². The number of thiophene rings is 1. The molecule has 1 aromatic heterocycles. The van der Waals surface area contributed by atoms with Crippen LogP contribution in [0.1, 0.15) is 36.2 Å². The average molecular weight is 324 g/mol. The second-order valence-corrected chi connectivity index (χ2v) is 6.65. The molecule has 0 saturated heterocycles. The molecule has 1 nitrogen and oxygen atoms in total. The van der Waals surface area contributed by atoms with Gasteiger partial charge in [-0.3, -0.25) is 0 Å². The summed E-state index contributed by atoms with van der Waals surface area (Å²) in [5.74, 6) is 0.